The first-order valence-corrected chi connectivity index (χ1v) is 6.93. The van der Waals surface area contributed by atoms with Gasteiger partial charge in [-0.3, -0.25) is 0 Å². The minimum Gasteiger partial charge on any atom is -0.370 e. The molecule has 2 heterocycles. The Hall–Kier alpha value is -0.940. The Bertz CT molecular complexity index is 408. The number of hydrogen-bond donors (Lipinski definition) is 1. The van der Waals surface area contributed by atoms with Crippen LogP contribution < -0.4 is 5.32 Å². The molecule has 18 heavy (non-hydrogen) atoms. The lowest BCUT2D eigenvalue weighted by Crippen LogP contribution is -2.33. The molecule has 0 amide bonds. The van der Waals surface area contributed by atoms with Crippen LogP contribution >= 0.6 is 0 Å². The van der Waals surface area contributed by atoms with E-state index in [4.69, 9.17) is 9.26 Å². The van der Waals surface area contributed by atoms with Crippen molar-refractivity contribution in [3.8, 4) is 0 Å². The Labute approximate surface area is 107 Å². The molecule has 0 spiro atoms. The van der Waals surface area contributed by atoms with E-state index >= 15 is 0 Å². The van der Waals surface area contributed by atoms with Gasteiger partial charge in [-0.05, 0) is 52.0 Å². The van der Waals surface area contributed by atoms with Crippen LogP contribution in [0.1, 0.15) is 57.3 Å². The highest BCUT2D eigenvalue weighted by atomic mass is 16.5. The van der Waals surface area contributed by atoms with Gasteiger partial charge in [0, 0.05) is 6.61 Å². The molecule has 3 rings (SSSR count). The molecule has 1 aromatic heterocycles. The highest BCUT2D eigenvalue weighted by Crippen LogP contribution is 2.42. The van der Waals surface area contributed by atoms with Crippen LogP contribution in [0.15, 0.2) is 4.52 Å². The lowest BCUT2D eigenvalue weighted by atomic mass is 10.0. The normalized spacial score (nSPS) is 29.7. The first-order valence-electron chi connectivity index (χ1n) is 6.93. The molecule has 2 fully saturated rings. The maximum absolute atomic E-state index is 5.76. The molecule has 1 saturated carbocycles. The topological polar surface area (TPSA) is 60.2 Å². The minimum atomic E-state index is -0.147. The first-order chi connectivity index (χ1) is 8.73. The summed E-state index contributed by atoms with van der Waals surface area (Å²) in [5.41, 5.74) is -0.147. The minimum absolute atomic E-state index is 0.0255. The van der Waals surface area contributed by atoms with E-state index in [1.807, 2.05) is 6.92 Å². The van der Waals surface area contributed by atoms with E-state index in [0.717, 1.165) is 25.2 Å². The second-order valence-corrected chi connectivity index (χ2v) is 5.53. The fourth-order valence-corrected chi connectivity index (χ4v) is 2.65. The Kier molecular flexibility index (Phi) is 3.11. The highest BCUT2D eigenvalue weighted by molar-refractivity contribution is 5.07. The van der Waals surface area contributed by atoms with Crippen molar-refractivity contribution in [3.63, 3.8) is 0 Å². The number of nitrogens with zero attached hydrogens (tertiary/aromatic N) is 2. The van der Waals surface area contributed by atoms with Crippen LogP contribution in [0.5, 0.6) is 0 Å². The van der Waals surface area contributed by atoms with Gasteiger partial charge in [0.2, 0.25) is 11.7 Å². The molecular weight excluding hydrogens is 230 g/mol. The first kappa shape index (κ1) is 12.1. The van der Waals surface area contributed by atoms with Crippen LogP contribution in [0, 0.1) is 5.92 Å². The number of aromatic nitrogens is 2. The van der Waals surface area contributed by atoms with Gasteiger partial charge in [0.1, 0.15) is 6.10 Å². The van der Waals surface area contributed by atoms with Crippen molar-refractivity contribution in [1.29, 1.82) is 0 Å². The van der Waals surface area contributed by atoms with Crippen LogP contribution in [0.4, 0.5) is 0 Å². The molecule has 2 unspecified atom stereocenters. The summed E-state index contributed by atoms with van der Waals surface area (Å²) in [6.07, 6.45) is 4.66. The highest BCUT2D eigenvalue weighted by Gasteiger charge is 2.39. The van der Waals surface area contributed by atoms with Gasteiger partial charge in [0.05, 0.1) is 5.54 Å². The van der Waals surface area contributed by atoms with Gasteiger partial charge in [-0.15, -0.1) is 0 Å². The van der Waals surface area contributed by atoms with Crippen molar-refractivity contribution in [2.24, 2.45) is 5.92 Å². The SMILES string of the molecule is CCOC(c1noc(C2(C)CCCN2)n1)C1CC1. The summed E-state index contributed by atoms with van der Waals surface area (Å²) in [6.45, 7) is 5.85. The summed E-state index contributed by atoms with van der Waals surface area (Å²) in [6, 6.07) is 0. The maximum atomic E-state index is 5.76. The maximum Gasteiger partial charge on any atom is 0.246 e. The van der Waals surface area contributed by atoms with E-state index in [-0.39, 0.29) is 11.6 Å². The van der Waals surface area contributed by atoms with E-state index in [1.54, 1.807) is 0 Å². The van der Waals surface area contributed by atoms with Gasteiger partial charge in [0.15, 0.2) is 0 Å². The fourth-order valence-electron chi connectivity index (χ4n) is 2.65. The van der Waals surface area contributed by atoms with Gasteiger partial charge < -0.3 is 14.6 Å². The number of ether oxygens (including phenoxy) is 1. The van der Waals surface area contributed by atoms with E-state index in [9.17, 15) is 0 Å². The van der Waals surface area contributed by atoms with Crippen molar-refractivity contribution in [2.75, 3.05) is 13.2 Å². The third-order valence-corrected chi connectivity index (χ3v) is 3.93. The third-order valence-electron chi connectivity index (χ3n) is 3.93. The Morgan fingerprint density at radius 3 is 3.00 bits per heavy atom. The zero-order valence-electron chi connectivity index (χ0n) is 11.1. The van der Waals surface area contributed by atoms with Gasteiger partial charge in [-0.2, -0.15) is 4.98 Å². The van der Waals surface area contributed by atoms with Crippen molar-refractivity contribution in [1.82, 2.24) is 15.5 Å². The van der Waals surface area contributed by atoms with E-state index in [2.05, 4.69) is 22.4 Å². The lowest BCUT2D eigenvalue weighted by molar-refractivity contribution is 0.0384. The number of nitrogens with one attached hydrogen (secondary N) is 1. The Balaban J connectivity index is 1.79. The summed E-state index contributed by atoms with van der Waals surface area (Å²) in [5, 5.41) is 7.58. The van der Waals surface area contributed by atoms with Crippen LogP contribution in [0.25, 0.3) is 0 Å². The fraction of sp³-hybridized carbons (Fsp3) is 0.846. The summed E-state index contributed by atoms with van der Waals surface area (Å²) >= 11 is 0. The zero-order valence-corrected chi connectivity index (χ0v) is 11.1. The van der Waals surface area contributed by atoms with Crippen LogP contribution in [-0.2, 0) is 10.3 Å². The van der Waals surface area contributed by atoms with Crippen molar-refractivity contribution >= 4 is 0 Å². The average Bonchev–Trinajstić information content (AvgIpc) is 2.89. The molecule has 0 bridgehead atoms. The molecule has 5 nitrogen and oxygen atoms in total. The van der Waals surface area contributed by atoms with Crippen LogP contribution in [-0.4, -0.2) is 23.3 Å². The molecule has 1 aliphatic carbocycles. The van der Waals surface area contributed by atoms with Crippen molar-refractivity contribution in [2.45, 2.75) is 51.2 Å². The van der Waals surface area contributed by atoms with Gasteiger partial charge >= 0.3 is 0 Å². The second-order valence-electron chi connectivity index (χ2n) is 5.53. The lowest BCUT2D eigenvalue weighted by Gasteiger charge is -2.18. The molecule has 2 atom stereocenters. The Morgan fingerprint density at radius 2 is 2.39 bits per heavy atom. The molecule has 1 aromatic rings. The summed E-state index contributed by atoms with van der Waals surface area (Å²) in [5.74, 6) is 2.02. The van der Waals surface area contributed by atoms with Crippen molar-refractivity contribution < 1.29 is 9.26 Å². The number of rotatable bonds is 5. The van der Waals surface area contributed by atoms with Gasteiger partial charge in [0.25, 0.3) is 0 Å². The third kappa shape index (κ3) is 2.17. The molecule has 0 radical (unpaired) electrons. The summed E-state index contributed by atoms with van der Waals surface area (Å²) in [7, 11) is 0. The quantitative estimate of drug-likeness (QED) is 0.869. The Morgan fingerprint density at radius 1 is 1.56 bits per heavy atom. The van der Waals surface area contributed by atoms with Crippen LogP contribution in [0.3, 0.4) is 0 Å². The van der Waals surface area contributed by atoms with Gasteiger partial charge in [-0.25, -0.2) is 0 Å². The van der Waals surface area contributed by atoms with E-state index in [1.165, 1.54) is 12.8 Å². The molecule has 0 aromatic carbocycles. The monoisotopic (exact) mass is 251 g/mol. The summed E-state index contributed by atoms with van der Waals surface area (Å²) < 4.78 is 11.2. The smallest absolute Gasteiger partial charge is 0.246 e. The average molecular weight is 251 g/mol. The summed E-state index contributed by atoms with van der Waals surface area (Å²) in [4.78, 5) is 4.58. The zero-order chi connectivity index (χ0) is 12.6. The molecule has 2 aliphatic rings. The molecule has 1 saturated heterocycles. The largest absolute Gasteiger partial charge is 0.370 e. The predicted octanol–water partition coefficient (Wildman–Crippen LogP) is 2.16. The van der Waals surface area contributed by atoms with Crippen LogP contribution in [0.2, 0.25) is 0 Å². The molecule has 1 N–H and O–H groups in total. The van der Waals surface area contributed by atoms with E-state index < -0.39 is 0 Å². The van der Waals surface area contributed by atoms with E-state index in [0.29, 0.717) is 18.4 Å². The molecular formula is C13H21N3O2. The molecule has 5 heteroatoms. The second kappa shape index (κ2) is 4.63. The standard InChI is InChI=1S/C13H21N3O2/c1-3-17-10(9-5-6-9)11-15-12(18-16-11)13(2)7-4-8-14-13/h9-10,14H,3-8H2,1-2H3. The molecule has 100 valence electrons. The molecule has 1 aliphatic heterocycles. The van der Waals surface area contributed by atoms with Gasteiger partial charge in [-0.1, -0.05) is 5.16 Å². The predicted molar refractivity (Wildman–Crippen MR) is 66.0 cm³/mol. The number of hydrogen-bond acceptors (Lipinski definition) is 5. The van der Waals surface area contributed by atoms with Crippen molar-refractivity contribution in [3.05, 3.63) is 11.7 Å².